The van der Waals surface area contributed by atoms with Gasteiger partial charge >= 0.3 is 0 Å². The molecule has 1 spiro atoms. The Labute approximate surface area is 161 Å². The number of hydrogen-bond donors (Lipinski definition) is 1. The third kappa shape index (κ3) is 3.35. The zero-order valence-corrected chi connectivity index (χ0v) is 17.0. The molecule has 1 N–H and O–H groups in total. The lowest BCUT2D eigenvalue weighted by molar-refractivity contribution is 0.135. The van der Waals surface area contributed by atoms with Gasteiger partial charge in [-0.05, 0) is 45.2 Å². The van der Waals surface area contributed by atoms with Gasteiger partial charge in [0.1, 0.15) is 5.82 Å². The van der Waals surface area contributed by atoms with Gasteiger partial charge in [0.15, 0.2) is 0 Å². The van der Waals surface area contributed by atoms with Gasteiger partial charge < -0.3 is 4.98 Å². The molecule has 0 amide bonds. The van der Waals surface area contributed by atoms with Gasteiger partial charge in [-0.2, -0.15) is 5.10 Å². The van der Waals surface area contributed by atoms with Crippen LogP contribution < -0.4 is 5.56 Å². The van der Waals surface area contributed by atoms with Gasteiger partial charge in [0.25, 0.3) is 5.56 Å². The fourth-order valence-corrected chi connectivity index (χ4v) is 4.66. The highest BCUT2D eigenvalue weighted by Crippen LogP contribution is 2.43. The molecule has 146 valence electrons. The molecule has 1 saturated heterocycles. The van der Waals surface area contributed by atoms with Crippen LogP contribution in [0.1, 0.15) is 69.7 Å². The van der Waals surface area contributed by atoms with Crippen LogP contribution in [0.3, 0.4) is 0 Å². The lowest BCUT2D eigenvalue weighted by atomic mass is 9.77. The number of H-pyrrole nitrogens is 1. The van der Waals surface area contributed by atoms with Gasteiger partial charge in [-0.3, -0.25) is 14.4 Å². The minimum Gasteiger partial charge on any atom is -0.310 e. The molecule has 0 radical (unpaired) electrons. The fourth-order valence-electron chi connectivity index (χ4n) is 4.66. The zero-order valence-electron chi connectivity index (χ0n) is 17.0. The van der Waals surface area contributed by atoms with Crippen LogP contribution in [0.4, 0.5) is 0 Å². The molecular weight excluding hydrogens is 338 g/mol. The lowest BCUT2D eigenvalue weighted by Gasteiger charge is -2.40. The smallest absolute Gasteiger partial charge is 0.254 e. The summed E-state index contributed by atoms with van der Waals surface area (Å²) in [4.78, 5) is 23.2. The lowest BCUT2D eigenvalue weighted by Crippen LogP contribution is -2.45. The van der Waals surface area contributed by atoms with Gasteiger partial charge in [0.05, 0.1) is 11.4 Å². The van der Waals surface area contributed by atoms with Crippen molar-refractivity contribution in [2.45, 2.75) is 77.3 Å². The molecule has 6 heteroatoms. The summed E-state index contributed by atoms with van der Waals surface area (Å²) in [5.41, 5.74) is 3.05. The highest BCUT2D eigenvalue weighted by molar-refractivity contribution is 5.34. The number of likely N-dealkylation sites (tertiary alicyclic amines) is 1. The summed E-state index contributed by atoms with van der Waals surface area (Å²) in [6.07, 6.45) is 6.20. The molecule has 2 aromatic rings. The summed E-state index contributed by atoms with van der Waals surface area (Å²) in [6.45, 7) is 12.3. The molecule has 1 aliphatic carbocycles. The number of hydrogen-bond acceptors (Lipinski definition) is 4. The van der Waals surface area contributed by atoms with Crippen molar-refractivity contribution in [2.75, 3.05) is 13.1 Å². The van der Waals surface area contributed by atoms with Crippen molar-refractivity contribution in [3.05, 3.63) is 45.4 Å². The monoisotopic (exact) mass is 369 g/mol. The Balaban J connectivity index is 1.63. The number of fused-ring (bicyclic) bond motifs is 2. The maximum atomic E-state index is 12.7. The molecule has 27 heavy (non-hydrogen) atoms. The first kappa shape index (κ1) is 18.4. The van der Waals surface area contributed by atoms with E-state index in [1.165, 1.54) is 0 Å². The Morgan fingerprint density at radius 1 is 1.30 bits per heavy atom. The van der Waals surface area contributed by atoms with Gasteiger partial charge in [-0.25, -0.2) is 4.98 Å². The molecule has 3 heterocycles. The van der Waals surface area contributed by atoms with E-state index < -0.39 is 0 Å². The fraction of sp³-hybridized carbons (Fsp3) is 0.667. The number of rotatable bonds is 3. The normalized spacial score (nSPS) is 23.1. The van der Waals surface area contributed by atoms with Crippen LogP contribution in [-0.2, 0) is 30.3 Å². The summed E-state index contributed by atoms with van der Waals surface area (Å²) >= 11 is 0. The molecule has 1 fully saturated rings. The first-order valence-corrected chi connectivity index (χ1v) is 10.2. The Hall–Kier alpha value is -1.95. The minimum absolute atomic E-state index is 0.0230. The second-order valence-electron chi connectivity index (χ2n) is 9.25. The van der Waals surface area contributed by atoms with E-state index in [1.54, 1.807) is 0 Å². The van der Waals surface area contributed by atoms with E-state index in [4.69, 9.17) is 4.98 Å². The van der Waals surface area contributed by atoms with E-state index in [9.17, 15) is 4.79 Å². The predicted octanol–water partition coefficient (Wildman–Crippen LogP) is 2.76. The van der Waals surface area contributed by atoms with Crippen molar-refractivity contribution < 1.29 is 0 Å². The van der Waals surface area contributed by atoms with Crippen LogP contribution in [0, 0.1) is 0 Å². The third-order valence-electron chi connectivity index (χ3n) is 6.14. The van der Waals surface area contributed by atoms with Crippen molar-refractivity contribution >= 4 is 0 Å². The molecule has 1 atom stereocenters. The summed E-state index contributed by atoms with van der Waals surface area (Å²) in [5, 5.41) is 4.65. The van der Waals surface area contributed by atoms with E-state index in [0.29, 0.717) is 0 Å². The Kier molecular flexibility index (Phi) is 4.49. The standard InChI is InChI=1S/C21H31N5O/c1-5-26-12-8-15(24-26)13-25-11-6-9-21(14-25)10-7-16-17(21)22-19(20(2,3)4)23-18(16)27/h8,12H,5-7,9-11,13-14H2,1-4H3,(H,22,23,27). The molecule has 2 aliphatic rings. The summed E-state index contributed by atoms with van der Waals surface area (Å²) in [7, 11) is 0. The zero-order chi connectivity index (χ0) is 19.2. The number of aromatic nitrogens is 4. The van der Waals surface area contributed by atoms with Crippen molar-refractivity contribution in [1.29, 1.82) is 0 Å². The van der Waals surface area contributed by atoms with E-state index in [-0.39, 0.29) is 16.4 Å². The molecule has 0 aromatic carbocycles. The highest BCUT2D eigenvalue weighted by Gasteiger charge is 2.45. The van der Waals surface area contributed by atoms with Crippen molar-refractivity contribution in [3.8, 4) is 0 Å². The van der Waals surface area contributed by atoms with E-state index in [0.717, 1.165) is 74.6 Å². The van der Waals surface area contributed by atoms with Crippen LogP contribution in [0.2, 0.25) is 0 Å². The largest absolute Gasteiger partial charge is 0.310 e. The third-order valence-corrected chi connectivity index (χ3v) is 6.14. The van der Waals surface area contributed by atoms with Crippen LogP contribution in [0.25, 0.3) is 0 Å². The predicted molar refractivity (Wildman–Crippen MR) is 106 cm³/mol. The van der Waals surface area contributed by atoms with Gasteiger partial charge in [-0.1, -0.05) is 20.8 Å². The Bertz CT molecular complexity index is 891. The van der Waals surface area contributed by atoms with E-state index in [1.807, 2.05) is 4.68 Å². The SMILES string of the molecule is CCn1ccc(CN2CCCC3(CCc4c3nc(C(C)(C)C)[nH]c4=O)C2)n1. The highest BCUT2D eigenvalue weighted by atomic mass is 16.1. The molecule has 1 unspecified atom stereocenters. The molecule has 1 aliphatic heterocycles. The maximum absolute atomic E-state index is 12.7. The molecular formula is C21H31N5O. The first-order valence-electron chi connectivity index (χ1n) is 10.2. The second kappa shape index (κ2) is 6.59. The van der Waals surface area contributed by atoms with Crippen LogP contribution >= 0.6 is 0 Å². The minimum atomic E-state index is -0.153. The van der Waals surface area contributed by atoms with Crippen LogP contribution in [0.15, 0.2) is 17.1 Å². The average molecular weight is 370 g/mol. The molecule has 6 nitrogen and oxygen atoms in total. The number of piperidine rings is 1. The van der Waals surface area contributed by atoms with Gasteiger partial charge in [-0.15, -0.1) is 0 Å². The van der Waals surface area contributed by atoms with Crippen molar-refractivity contribution in [1.82, 2.24) is 24.6 Å². The first-order chi connectivity index (χ1) is 12.8. The second-order valence-corrected chi connectivity index (χ2v) is 9.25. The summed E-state index contributed by atoms with van der Waals surface area (Å²) in [5.74, 6) is 0.811. The average Bonchev–Trinajstić information content (AvgIpc) is 3.20. The Morgan fingerprint density at radius 3 is 2.81 bits per heavy atom. The molecule has 0 saturated carbocycles. The number of nitrogens with zero attached hydrogens (tertiary/aromatic N) is 4. The van der Waals surface area contributed by atoms with Gasteiger partial charge in [0.2, 0.25) is 0 Å². The number of aromatic amines is 1. The Morgan fingerprint density at radius 2 is 2.11 bits per heavy atom. The number of aryl methyl sites for hydroxylation is 1. The molecule has 0 bridgehead atoms. The summed E-state index contributed by atoms with van der Waals surface area (Å²) in [6, 6.07) is 2.12. The maximum Gasteiger partial charge on any atom is 0.254 e. The van der Waals surface area contributed by atoms with Crippen molar-refractivity contribution in [2.24, 2.45) is 0 Å². The van der Waals surface area contributed by atoms with E-state index in [2.05, 4.69) is 54.9 Å². The van der Waals surface area contributed by atoms with Crippen LogP contribution in [0.5, 0.6) is 0 Å². The van der Waals surface area contributed by atoms with Crippen LogP contribution in [-0.4, -0.2) is 37.7 Å². The molecule has 2 aromatic heterocycles. The van der Waals surface area contributed by atoms with Gasteiger partial charge in [0, 0.05) is 42.2 Å². The molecule has 4 rings (SSSR count). The summed E-state index contributed by atoms with van der Waals surface area (Å²) < 4.78 is 1.98. The number of nitrogens with one attached hydrogen (secondary N) is 1. The topological polar surface area (TPSA) is 66.8 Å². The van der Waals surface area contributed by atoms with Crippen molar-refractivity contribution in [3.63, 3.8) is 0 Å². The quantitative estimate of drug-likeness (QED) is 0.903. The van der Waals surface area contributed by atoms with E-state index >= 15 is 0 Å².